The fourth-order valence-electron chi connectivity index (χ4n) is 3.39. The average molecular weight is 442 g/mol. The van der Waals surface area contributed by atoms with Gasteiger partial charge in [-0.15, -0.1) is 0 Å². The van der Waals surface area contributed by atoms with E-state index < -0.39 is 28.3 Å². The average Bonchev–Trinajstić information content (AvgIpc) is 2.72. The van der Waals surface area contributed by atoms with Gasteiger partial charge in [-0.2, -0.15) is 17.5 Å². The lowest BCUT2D eigenvalue weighted by Crippen LogP contribution is -2.55. The third-order valence-corrected chi connectivity index (χ3v) is 6.76. The van der Waals surface area contributed by atoms with E-state index in [1.165, 1.54) is 43.5 Å². The zero-order valence-electron chi connectivity index (χ0n) is 16.4. The van der Waals surface area contributed by atoms with Crippen molar-refractivity contribution in [3.8, 4) is 5.75 Å². The topological polar surface area (TPSA) is 66.9 Å². The highest BCUT2D eigenvalue weighted by molar-refractivity contribution is 7.89. The van der Waals surface area contributed by atoms with E-state index in [0.717, 1.165) is 9.87 Å². The quantitative estimate of drug-likeness (QED) is 0.727. The molecule has 0 unspecified atom stereocenters. The van der Waals surface area contributed by atoms with E-state index in [9.17, 15) is 26.4 Å². The van der Waals surface area contributed by atoms with Crippen molar-refractivity contribution in [2.45, 2.75) is 30.6 Å². The predicted molar refractivity (Wildman–Crippen MR) is 103 cm³/mol. The Hall–Kier alpha value is -2.59. The molecule has 10 heteroatoms. The van der Waals surface area contributed by atoms with Crippen molar-refractivity contribution in [2.24, 2.45) is 0 Å². The molecule has 2 aromatic rings. The number of rotatable bonds is 4. The minimum absolute atomic E-state index is 0.0193. The van der Waals surface area contributed by atoms with Gasteiger partial charge in [0.1, 0.15) is 11.9 Å². The zero-order valence-corrected chi connectivity index (χ0v) is 17.2. The monoisotopic (exact) mass is 442 g/mol. The number of carbonyl (C=O) groups is 1. The van der Waals surface area contributed by atoms with E-state index in [2.05, 4.69) is 0 Å². The molecule has 2 aromatic carbocycles. The number of hydrogen-bond acceptors (Lipinski definition) is 4. The highest BCUT2D eigenvalue weighted by Crippen LogP contribution is 2.37. The van der Waals surface area contributed by atoms with E-state index in [-0.39, 0.29) is 30.0 Å². The van der Waals surface area contributed by atoms with Gasteiger partial charge in [0.15, 0.2) is 0 Å². The van der Waals surface area contributed by atoms with E-state index >= 15 is 0 Å². The summed E-state index contributed by atoms with van der Waals surface area (Å²) >= 11 is 0. The first kappa shape index (κ1) is 22.1. The lowest BCUT2D eigenvalue weighted by molar-refractivity contribution is -0.192. The van der Waals surface area contributed by atoms with Crippen LogP contribution in [0.5, 0.6) is 5.75 Å². The van der Waals surface area contributed by atoms with Gasteiger partial charge in [0.05, 0.1) is 12.0 Å². The molecule has 1 saturated heterocycles. The third-order valence-electron chi connectivity index (χ3n) is 4.89. The van der Waals surface area contributed by atoms with Crippen LogP contribution in [0.15, 0.2) is 53.4 Å². The number of halogens is 3. The Labute approximate surface area is 172 Å². The Morgan fingerprint density at radius 1 is 1.03 bits per heavy atom. The Morgan fingerprint density at radius 2 is 1.63 bits per heavy atom. The predicted octanol–water partition coefficient (Wildman–Crippen LogP) is 3.49. The normalized spacial score (nSPS) is 18.3. The highest BCUT2D eigenvalue weighted by Gasteiger charge is 2.49. The van der Waals surface area contributed by atoms with Gasteiger partial charge in [0.25, 0.3) is 0 Å². The van der Waals surface area contributed by atoms with E-state index in [4.69, 9.17) is 4.74 Å². The number of alkyl halides is 3. The van der Waals surface area contributed by atoms with Crippen LogP contribution in [0.25, 0.3) is 0 Å². The molecule has 0 radical (unpaired) electrons. The van der Waals surface area contributed by atoms with Gasteiger partial charge in [-0.3, -0.25) is 4.79 Å². The number of ether oxygens (including phenoxy) is 1. The molecule has 0 aromatic heterocycles. The summed E-state index contributed by atoms with van der Waals surface area (Å²) in [5.74, 6) is -1.62. The van der Waals surface area contributed by atoms with Gasteiger partial charge in [0.2, 0.25) is 10.0 Å². The highest BCUT2D eigenvalue weighted by atomic mass is 32.2. The Morgan fingerprint density at radius 3 is 2.17 bits per heavy atom. The molecule has 3 rings (SSSR count). The Balaban J connectivity index is 2.11. The Bertz CT molecular complexity index is 1010. The molecule has 162 valence electrons. The van der Waals surface area contributed by atoms with Crippen molar-refractivity contribution < 1.29 is 31.1 Å². The standard InChI is InChI=1S/C20H21F3N2O4S/c1-14-4-10-17(11-5-14)30(27,28)25-13-3-12-24(19(26)20(21,22)23)18(25)15-6-8-16(29-2)9-7-15/h4-11,18H,3,12-13H2,1-2H3/t18-/m0/s1. The number of sulfonamides is 1. The largest absolute Gasteiger partial charge is 0.497 e. The van der Waals surface area contributed by atoms with Crippen LogP contribution < -0.4 is 4.74 Å². The smallest absolute Gasteiger partial charge is 0.471 e. The fourth-order valence-corrected chi connectivity index (χ4v) is 5.01. The summed E-state index contributed by atoms with van der Waals surface area (Å²) in [6, 6.07) is 12.0. The van der Waals surface area contributed by atoms with Gasteiger partial charge in [0, 0.05) is 13.1 Å². The molecule has 1 atom stereocenters. The van der Waals surface area contributed by atoms with Crippen molar-refractivity contribution in [1.82, 2.24) is 9.21 Å². The molecule has 30 heavy (non-hydrogen) atoms. The molecule has 1 amide bonds. The number of methoxy groups -OCH3 is 1. The van der Waals surface area contributed by atoms with E-state index in [1.54, 1.807) is 19.1 Å². The van der Waals surface area contributed by atoms with Gasteiger partial charge < -0.3 is 9.64 Å². The number of amides is 1. The molecule has 0 saturated carbocycles. The van der Waals surface area contributed by atoms with Crippen LogP contribution in [0.3, 0.4) is 0 Å². The molecule has 6 nitrogen and oxygen atoms in total. The molecule has 0 aliphatic carbocycles. The second kappa shape index (κ2) is 8.27. The van der Waals surface area contributed by atoms with Crippen molar-refractivity contribution in [3.05, 3.63) is 59.7 Å². The molecule has 1 heterocycles. The van der Waals surface area contributed by atoms with Crippen molar-refractivity contribution >= 4 is 15.9 Å². The summed E-state index contributed by atoms with van der Waals surface area (Å²) in [6.45, 7) is 1.56. The van der Waals surface area contributed by atoms with Crippen LogP contribution in [0, 0.1) is 6.92 Å². The Kier molecular flexibility index (Phi) is 6.09. The second-order valence-corrected chi connectivity index (χ2v) is 8.82. The van der Waals surface area contributed by atoms with Crippen LogP contribution in [-0.2, 0) is 14.8 Å². The molecular weight excluding hydrogens is 421 g/mol. The summed E-state index contributed by atoms with van der Waals surface area (Å²) in [4.78, 5) is 12.7. The first-order chi connectivity index (χ1) is 14.1. The number of benzene rings is 2. The summed E-state index contributed by atoms with van der Waals surface area (Å²) in [5, 5.41) is 0. The summed E-state index contributed by atoms with van der Waals surface area (Å²) in [5.41, 5.74) is 1.08. The van der Waals surface area contributed by atoms with Crippen LogP contribution in [0.4, 0.5) is 13.2 Å². The van der Waals surface area contributed by atoms with Crippen LogP contribution >= 0.6 is 0 Å². The molecule has 1 fully saturated rings. The summed E-state index contributed by atoms with van der Waals surface area (Å²) in [6.07, 6.45) is -6.47. The van der Waals surface area contributed by atoms with Crippen LogP contribution in [0.1, 0.15) is 23.7 Å². The fraction of sp³-hybridized carbons (Fsp3) is 0.350. The van der Waals surface area contributed by atoms with Gasteiger partial charge in [-0.05, 0) is 43.2 Å². The van der Waals surface area contributed by atoms with Crippen LogP contribution in [-0.4, -0.2) is 49.9 Å². The number of nitrogens with zero attached hydrogens (tertiary/aromatic N) is 2. The molecular formula is C20H21F3N2O4S. The maximum atomic E-state index is 13.3. The van der Waals surface area contributed by atoms with Gasteiger partial charge >= 0.3 is 12.1 Å². The molecule has 1 aliphatic rings. The molecule has 0 N–H and O–H groups in total. The molecule has 1 aliphatic heterocycles. The lowest BCUT2D eigenvalue weighted by Gasteiger charge is -2.43. The first-order valence-electron chi connectivity index (χ1n) is 9.16. The number of hydrogen-bond donors (Lipinski definition) is 0. The van der Waals surface area contributed by atoms with Crippen LogP contribution in [0.2, 0.25) is 0 Å². The van der Waals surface area contributed by atoms with E-state index in [0.29, 0.717) is 10.6 Å². The SMILES string of the molecule is COc1ccc([C@H]2N(C(=O)C(F)(F)F)CCCN2S(=O)(=O)c2ccc(C)cc2)cc1. The number of aryl methyl sites for hydroxylation is 1. The summed E-state index contributed by atoms with van der Waals surface area (Å²) in [7, 11) is -2.73. The van der Waals surface area contributed by atoms with Gasteiger partial charge in [-0.1, -0.05) is 29.8 Å². The minimum Gasteiger partial charge on any atom is -0.497 e. The molecule has 0 bridgehead atoms. The second-order valence-electron chi connectivity index (χ2n) is 6.93. The van der Waals surface area contributed by atoms with E-state index in [1.807, 2.05) is 0 Å². The van der Waals surface area contributed by atoms with Crippen molar-refractivity contribution in [3.63, 3.8) is 0 Å². The maximum absolute atomic E-state index is 13.3. The van der Waals surface area contributed by atoms with Gasteiger partial charge in [-0.25, -0.2) is 8.42 Å². The maximum Gasteiger partial charge on any atom is 0.471 e. The lowest BCUT2D eigenvalue weighted by atomic mass is 10.1. The number of carbonyl (C=O) groups excluding carboxylic acids is 1. The van der Waals surface area contributed by atoms with Crippen molar-refractivity contribution in [1.29, 1.82) is 0 Å². The molecule has 0 spiro atoms. The summed E-state index contributed by atoms with van der Waals surface area (Å²) < 4.78 is 72.4. The third kappa shape index (κ3) is 4.29. The first-order valence-corrected chi connectivity index (χ1v) is 10.6. The minimum atomic E-state index is -5.12. The van der Waals surface area contributed by atoms with Crippen molar-refractivity contribution in [2.75, 3.05) is 20.2 Å². The zero-order chi connectivity index (χ0) is 22.1.